The van der Waals surface area contributed by atoms with E-state index in [1.165, 1.54) is 101 Å². The molecule has 0 aliphatic heterocycles. The lowest BCUT2D eigenvalue weighted by atomic mass is 9.76. The quantitative estimate of drug-likeness (QED) is 0.303. The van der Waals surface area contributed by atoms with Gasteiger partial charge in [0, 0.05) is 13.7 Å². The van der Waals surface area contributed by atoms with Gasteiger partial charge in [-0.05, 0) is 110 Å². The highest BCUT2D eigenvalue weighted by atomic mass is 16.5. The average molecular weight is 461 g/mol. The van der Waals surface area contributed by atoms with E-state index in [2.05, 4.69) is 55.5 Å². The van der Waals surface area contributed by atoms with Crippen molar-refractivity contribution in [2.75, 3.05) is 13.7 Å². The van der Waals surface area contributed by atoms with Crippen LogP contribution in [0.3, 0.4) is 0 Å². The lowest BCUT2D eigenvalue weighted by molar-refractivity contribution is 0.180. The molecule has 2 aromatic carbocycles. The van der Waals surface area contributed by atoms with Gasteiger partial charge in [-0.1, -0.05) is 81.1 Å². The molecule has 0 N–H and O–H groups in total. The molecule has 4 rings (SSSR count). The number of rotatable bonds is 11. The van der Waals surface area contributed by atoms with Crippen molar-refractivity contribution in [1.29, 1.82) is 0 Å². The summed E-state index contributed by atoms with van der Waals surface area (Å²) in [5.74, 6) is 3.45. The summed E-state index contributed by atoms with van der Waals surface area (Å²) in [5, 5.41) is 0. The van der Waals surface area contributed by atoms with Gasteiger partial charge in [-0.15, -0.1) is 0 Å². The minimum absolute atomic E-state index is 0.757. The molecule has 2 saturated carbocycles. The van der Waals surface area contributed by atoms with Crippen LogP contribution < -0.4 is 0 Å². The highest BCUT2D eigenvalue weighted by Crippen LogP contribution is 2.39. The van der Waals surface area contributed by atoms with Crippen molar-refractivity contribution in [2.24, 2.45) is 11.8 Å². The first-order valence-corrected chi connectivity index (χ1v) is 14.5. The maximum atomic E-state index is 5.23. The molecule has 0 unspecified atom stereocenters. The molecule has 2 aromatic rings. The number of hydrogen-bond donors (Lipinski definition) is 0. The zero-order chi connectivity index (χ0) is 23.6. The molecular weight excluding hydrogens is 412 g/mol. The molecule has 2 aliphatic rings. The zero-order valence-electron chi connectivity index (χ0n) is 21.9. The maximum absolute atomic E-state index is 5.23. The van der Waals surface area contributed by atoms with Gasteiger partial charge in [-0.25, -0.2) is 0 Å². The Morgan fingerprint density at radius 2 is 1.03 bits per heavy atom. The second-order valence-electron chi connectivity index (χ2n) is 11.3. The standard InChI is InChI=1S/C33H48O/c1-3-4-5-7-26-9-13-28(14-10-26)30-17-21-32(22-18-30)33-23-19-31(20-24-33)29-15-11-27(12-16-29)8-6-25-34-2/h17-24,26-29H,3-16,25H2,1-2H3. The van der Waals surface area contributed by atoms with Gasteiger partial charge in [0.05, 0.1) is 0 Å². The molecule has 0 bridgehead atoms. The van der Waals surface area contributed by atoms with Crippen LogP contribution in [-0.2, 0) is 4.74 Å². The van der Waals surface area contributed by atoms with Crippen molar-refractivity contribution >= 4 is 0 Å². The molecule has 0 saturated heterocycles. The van der Waals surface area contributed by atoms with Crippen molar-refractivity contribution in [1.82, 2.24) is 0 Å². The van der Waals surface area contributed by atoms with Gasteiger partial charge in [0.15, 0.2) is 0 Å². The topological polar surface area (TPSA) is 9.23 Å². The highest BCUT2D eigenvalue weighted by Gasteiger charge is 2.23. The molecule has 0 heterocycles. The Morgan fingerprint density at radius 1 is 0.588 bits per heavy atom. The van der Waals surface area contributed by atoms with E-state index in [0.29, 0.717) is 0 Å². The number of ether oxygens (including phenoxy) is 1. The molecule has 0 aromatic heterocycles. The normalized spacial score (nSPS) is 25.4. The molecule has 186 valence electrons. The lowest BCUT2D eigenvalue weighted by Gasteiger charge is -2.29. The van der Waals surface area contributed by atoms with Crippen LogP contribution in [0.1, 0.15) is 120 Å². The third-order valence-electron chi connectivity index (χ3n) is 8.97. The van der Waals surface area contributed by atoms with Crippen molar-refractivity contribution < 1.29 is 4.74 Å². The number of methoxy groups -OCH3 is 1. The summed E-state index contributed by atoms with van der Waals surface area (Å²) in [6, 6.07) is 19.1. The van der Waals surface area contributed by atoms with Crippen LogP contribution in [0.25, 0.3) is 11.1 Å². The van der Waals surface area contributed by atoms with E-state index in [1.54, 1.807) is 11.1 Å². The molecule has 2 fully saturated rings. The predicted octanol–water partition coefficient (Wildman–Crippen LogP) is 9.91. The Kier molecular flexibility index (Phi) is 10.1. The number of benzene rings is 2. The van der Waals surface area contributed by atoms with Gasteiger partial charge in [-0.3, -0.25) is 0 Å². The van der Waals surface area contributed by atoms with Gasteiger partial charge in [0.1, 0.15) is 0 Å². The van der Waals surface area contributed by atoms with Gasteiger partial charge < -0.3 is 4.74 Å². The fourth-order valence-electron chi connectivity index (χ4n) is 6.66. The van der Waals surface area contributed by atoms with Crippen LogP contribution in [0.5, 0.6) is 0 Å². The molecule has 0 amide bonds. The number of unbranched alkanes of at least 4 members (excludes halogenated alkanes) is 2. The van der Waals surface area contributed by atoms with Crippen molar-refractivity contribution in [3.8, 4) is 11.1 Å². The second-order valence-corrected chi connectivity index (χ2v) is 11.3. The minimum Gasteiger partial charge on any atom is -0.385 e. The van der Waals surface area contributed by atoms with E-state index in [4.69, 9.17) is 4.74 Å². The summed E-state index contributed by atoms with van der Waals surface area (Å²) >= 11 is 0. The van der Waals surface area contributed by atoms with E-state index in [0.717, 1.165) is 30.3 Å². The Balaban J connectivity index is 1.25. The van der Waals surface area contributed by atoms with Gasteiger partial charge in [0.2, 0.25) is 0 Å². The molecule has 0 spiro atoms. The number of hydrogen-bond acceptors (Lipinski definition) is 1. The third-order valence-corrected chi connectivity index (χ3v) is 8.97. The van der Waals surface area contributed by atoms with Crippen LogP contribution in [0.15, 0.2) is 48.5 Å². The van der Waals surface area contributed by atoms with E-state index < -0.39 is 0 Å². The van der Waals surface area contributed by atoms with E-state index in [1.807, 2.05) is 7.11 Å². The van der Waals surface area contributed by atoms with Crippen LogP contribution in [0.4, 0.5) is 0 Å². The molecule has 0 radical (unpaired) electrons. The summed E-state index contributed by atoms with van der Waals surface area (Å²) in [6.45, 7) is 3.23. The smallest absolute Gasteiger partial charge is 0.0462 e. The maximum Gasteiger partial charge on any atom is 0.0462 e. The third kappa shape index (κ3) is 7.20. The second kappa shape index (κ2) is 13.5. The van der Waals surface area contributed by atoms with Crippen LogP contribution in [-0.4, -0.2) is 13.7 Å². The van der Waals surface area contributed by atoms with Crippen molar-refractivity contribution in [2.45, 2.75) is 109 Å². The zero-order valence-corrected chi connectivity index (χ0v) is 21.9. The van der Waals surface area contributed by atoms with Crippen molar-refractivity contribution in [3.63, 3.8) is 0 Å². The van der Waals surface area contributed by atoms with E-state index in [-0.39, 0.29) is 0 Å². The van der Waals surface area contributed by atoms with E-state index >= 15 is 0 Å². The Hall–Kier alpha value is -1.60. The summed E-state index contributed by atoms with van der Waals surface area (Å²) < 4.78 is 5.23. The lowest BCUT2D eigenvalue weighted by Crippen LogP contribution is -2.14. The predicted molar refractivity (Wildman–Crippen MR) is 147 cm³/mol. The Labute approximate surface area is 209 Å². The molecule has 34 heavy (non-hydrogen) atoms. The Bertz CT molecular complexity index is 733. The fourth-order valence-corrected chi connectivity index (χ4v) is 6.66. The fraction of sp³-hybridized carbons (Fsp3) is 0.636. The highest BCUT2D eigenvalue weighted by molar-refractivity contribution is 5.64. The first kappa shape index (κ1) is 25.5. The molecule has 0 atom stereocenters. The van der Waals surface area contributed by atoms with Gasteiger partial charge in [-0.2, -0.15) is 0 Å². The largest absolute Gasteiger partial charge is 0.385 e. The van der Waals surface area contributed by atoms with Crippen LogP contribution in [0, 0.1) is 11.8 Å². The molecule has 2 aliphatic carbocycles. The molecular formula is C33H48O. The van der Waals surface area contributed by atoms with Gasteiger partial charge >= 0.3 is 0 Å². The summed E-state index contributed by atoms with van der Waals surface area (Å²) in [7, 11) is 1.82. The molecule has 1 heteroatoms. The summed E-state index contributed by atoms with van der Waals surface area (Å²) in [4.78, 5) is 0. The minimum atomic E-state index is 0.757. The van der Waals surface area contributed by atoms with Crippen LogP contribution >= 0.6 is 0 Å². The SMILES string of the molecule is CCCCCC1CCC(c2ccc(-c3ccc(C4CCC(CCCOC)CC4)cc3)cc2)CC1. The summed E-state index contributed by atoms with van der Waals surface area (Å²) in [6.07, 6.45) is 19.4. The van der Waals surface area contributed by atoms with Crippen LogP contribution in [0.2, 0.25) is 0 Å². The summed E-state index contributed by atoms with van der Waals surface area (Å²) in [5.41, 5.74) is 5.84. The van der Waals surface area contributed by atoms with Crippen molar-refractivity contribution in [3.05, 3.63) is 59.7 Å². The first-order valence-electron chi connectivity index (χ1n) is 14.5. The molecule has 1 nitrogen and oxygen atoms in total. The first-order chi connectivity index (χ1) is 16.8. The monoisotopic (exact) mass is 460 g/mol. The van der Waals surface area contributed by atoms with Gasteiger partial charge in [0.25, 0.3) is 0 Å². The van der Waals surface area contributed by atoms with E-state index in [9.17, 15) is 0 Å². The Morgan fingerprint density at radius 3 is 1.44 bits per heavy atom. The average Bonchev–Trinajstić information content (AvgIpc) is 2.90.